The zero-order valence-corrected chi connectivity index (χ0v) is 9.61. The minimum Gasteiger partial charge on any atom is -0.329 e. The Bertz CT molecular complexity index is 254. The summed E-state index contributed by atoms with van der Waals surface area (Å²) in [6, 6.07) is 8.60. The van der Waals surface area contributed by atoms with Crippen molar-refractivity contribution in [3.8, 4) is 0 Å². The Kier molecular flexibility index (Phi) is 6.12. The van der Waals surface area contributed by atoms with Crippen LogP contribution in [0.4, 0.5) is 0 Å². The van der Waals surface area contributed by atoms with Crippen LogP contribution in [0.2, 0.25) is 0 Å². The molecule has 1 aromatic rings. The number of benzene rings is 1. The Morgan fingerprint density at radius 3 is 2.00 bits per heavy atom. The predicted molar refractivity (Wildman–Crippen MR) is 64.1 cm³/mol. The molecule has 0 fully saturated rings. The highest BCUT2D eigenvalue weighted by molar-refractivity contribution is 5.85. The molecule has 80 valence electrons. The number of nitrogens with two attached hydrogens (primary N) is 1. The highest BCUT2D eigenvalue weighted by Crippen LogP contribution is 2.20. The first-order valence-electron chi connectivity index (χ1n) is 4.39. The maximum atomic E-state index is 5.50. The maximum absolute atomic E-state index is 5.50. The number of rotatable bonds is 2. The first-order valence-corrected chi connectivity index (χ1v) is 4.39. The lowest BCUT2D eigenvalue weighted by molar-refractivity contribution is 0.293. The van der Waals surface area contributed by atoms with E-state index in [-0.39, 0.29) is 24.8 Å². The third-order valence-electron chi connectivity index (χ3n) is 2.35. The molecule has 0 aromatic heterocycles. The van der Waals surface area contributed by atoms with Crippen molar-refractivity contribution in [3.63, 3.8) is 0 Å². The van der Waals surface area contributed by atoms with Crippen molar-refractivity contribution in [2.45, 2.75) is 13.1 Å². The zero-order chi connectivity index (χ0) is 8.39. The molecule has 1 heterocycles. The van der Waals surface area contributed by atoms with Crippen molar-refractivity contribution in [2.24, 2.45) is 5.73 Å². The van der Waals surface area contributed by atoms with Crippen LogP contribution in [0.1, 0.15) is 11.1 Å². The van der Waals surface area contributed by atoms with Crippen LogP contribution in [0.15, 0.2) is 24.3 Å². The van der Waals surface area contributed by atoms with Gasteiger partial charge in [-0.1, -0.05) is 24.3 Å². The van der Waals surface area contributed by atoms with Gasteiger partial charge < -0.3 is 5.73 Å². The second kappa shape index (κ2) is 6.25. The molecule has 2 nitrogen and oxygen atoms in total. The monoisotopic (exact) mass is 234 g/mol. The molecule has 1 aromatic carbocycles. The van der Waals surface area contributed by atoms with Crippen LogP contribution in [0, 0.1) is 0 Å². The van der Waals surface area contributed by atoms with E-state index in [9.17, 15) is 0 Å². The van der Waals surface area contributed by atoms with Crippen LogP contribution in [0.25, 0.3) is 0 Å². The van der Waals surface area contributed by atoms with E-state index >= 15 is 0 Å². The van der Waals surface area contributed by atoms with E-state index < -0.39 is 0 Å². The van der Waals surface area contributed by atoms with Gasteiger partial charge in [-0.2, -0.15) is 0 Å². The van der Waals surface area contributed by atoms with Crippen LogP contribution in [-0.4, -0.2) is 18.0 Å². The van der Waals surface area contributed by atoms with Gasteiger partial charge in [0.15, 0.2) is 0 Å². The molecule has 14 heavy (non-hydrogen) atoms. The van der Waals surface area contributed by atoms with E-state index in [1.807, 2.05) is 0 Å². The summed E-state index contributed by atoms with van der Waals surface area (Å²) >= 11 is 0. The summed E-state index contributed by atoms with van der Waals surface area (Å²) in [6.07, 6.45) is 0. The Morgan fingerprint density at radius 2 is 1.57 bits per heavy atom. The summed E-state index contributed by atoms with van der Waals surface area (Å²) in [5.74, 6) is 0. The van der Waals surface area contributed by atoms with Crippen molar-refractivity contribution < 1.29 is 0 Å². The first-order chi connectivity index (χ1) is 5.90. The van der Waals surface area contributed by atoms with Gasteiger partial charge in [0.2, 0.25) is 0 Å². The summed E-state index contributed by atoms with van der Waals surface area (Å²) in [5, 5.41) is 0. The normalized spacial score (nSPS) is 14.1. The minimum atomic E-state index is 0. The summed E-state index contributed by atoms with van der Waals surface area (Å²) in [5.41, 5.74) is 8.43. The molecule has 1 aliphatic rings. The van der Waals surface area contributed by atoms with E-state index in [4.69, 9.17) is 5.73 Å². The maximum Gasteiger partial charge on any atom is 0.0241 e. The largest absolute Gasteiger partial charge is 0.329 e. The molecule has 0 spiro atoms. The molecule has 2 N–H and O–H groups in total. The Morgan fingerprint density at radius 1 is 1.07 bits per heavy atom. The lowest BCUT2D eigenvalue weighted by Gasteiger charge is -2.11. The smallest absolute Gasteiger partial charge is 0.0241 e. The van der Waals surface area contributed by atoms with E-state index in [2.05, 4.69) is 29.2 Å². The van der Waals surface area contributed by atoms with Crippen LogP contribution in [0.3, 0.4) is 0 Å². The van der Waals surface area contributed by atoms with Gasteiger partial charge in [0, 0.05) is 26.2 Å². The van der Waals surface area contributed by atoms with Crippen LogP contribution in [0.5, 0.6) is 0 Å². The first kappa shape index (κ1) is 13.7. The van der Waals surface area contributed by atoms with Crippen molar-refractivity contribution in [2.75, 3.05) is 13.1 Å². The summed E-state index contributed by atoms with van der Waals surface area (Å²) in [6.45, 7) is 3.92. The topological polar surface area (TPSA) is 29.3 Å². The number of nitrogens with zero attached hydrogens (tertiary/aromatic N) is 1. The molecule has 0 saturated carbocycles. The second-order valence-electron chi connectivity index (χ2n) is 3.27. The van der Waals surface area contributed by atoms with Crippen molar-refractivity contribution in [1.82, 2.24) is 4.90 Å². The molecule has 0 radical (unpaired) electrons. The van der Waals surface area contributed by atoms with Gasteiger partial charge in [-0.3, -0.25) is 4.90 Å². The fraction of sp³-hybridized carbons (Fsp3) is 0.400. The predicted octanol–water partition coefficient (Wildman–Crippen LogP) is 1.80. The second-order valence-corrected chi connectivity index (χ2v) is 3.27. The van der Waals surface area contributed by atoms with Crippen molar-refractivity contribution in [1.29, 1.82) is 0 Å². The standard InChI is InChI=1S/C10H14N2.2ClH/c11-5-6-12-7-9-3-1-2-4-10(9)8-12;;/h1-4H,5-8,11H2;2*1H. The van der Waals surface area contributed by atoms with E-state index in [1.165, 1.54) is 11.1 Å². The number of hydrogen-bond donors (Lipinski definition) is 1. The molecule has 1 aliphatic heterocycles. The molecule has 0 saturated heterocycles. The highest BCUT2D eigenvalue weighted by atomic mass is 35.5. The summed E-state index contributed by atoms with van der Waals surface area (Å²) in [4.78, 5) is 2.38. The number of hydrogen-bond acceptors (Lipinski definition) is 2. The fourth-order valence-corrected chi connectivity index (χ4v) is 1.74. The average Bonchev–Trinajstić information content (AvgIpc) is 2.47. The summed E-state index contributed by atoms with van der Waals surface area (Å²) < 4.78 is 0. The third-order valence-corrected chi connectivity index (χ3v) is 2.35. The quantitative estimate of drug-likeness (QED) is 0.846. The molecule has 0 atom stereocenters. The van der Waals surface area contributed by atoms with Crippen LogP contribution >= 0.6 is 24.8 Å². The van der Waals surface area contributed by atoms with Crippen LogP contribution in [-0.2, 0) is 13.1 Å². The van der Waals surface area contributed by atoms with E-state index in [0.29, 0.717) is 0 Å². The van der Waals surface area contributed by atoms with Gasteiger partial charge in [-0.05, 0) is 11.1 Å². The molecule has 2 rings (SSSR count). The minimum absolute atomic E-state index is 0. The van der Waals surface area contributed by atoms with Gasteiger partial charge >= 0.3 is 0 Å². The lowest BCUT2D eigenvalue weighted by Crippen LogP contribution is -2.23. The fourth-order valence-electron chi connectivity index (χ4n) is 1.74. The lowest BCUT2D eigenvalue weighted by atomic mass is 10.1. The number of halogens is 2. The molecule has 0 aliphatic carbocycles. The van der Waals surface area contributed by atoms with Gasteiger partial charge in [0.1, 0.15) is 0 Å². The van der Waals surface area contributed by atoms with Gasteiger partial charge in [0.25, 0.3) is 0 Å². The number of fused-ring (bicyclic) bond motifs is 1. The highest BCUT2D eigenvalue weighted by Gasteiger charge is 2.16. The Hall–Kier alpha value is -0.280. The van der Waals surface area contributed by atoms with Gasteiger partial charge in [0.05, 0.1) is 0 Å². The molecular weight excluding hydrogens is 219 g/mol. The molecule has 0 amide bonds. The average molecular weight is 235 g/mol. The van der Waals surface area contributed by atoms with Crippen molar-refractivity contribution >= 4 is 24.8 Å². The molecule has 0 unspecified atom stereocenters. The zero-order valence-electron chi connectivity index (χ0n) is 7.98. The SMILES string of the molecule is Cl.Cl.NCCN1Cc2ccccc2C1. The van der Waals surface area contributed by atoms with Crippen LogP contribution < -0.4 is 5.73 Å². The molecule has 0 bridgehead atoms. The van der Waals surface area contributed by atoms with E-state index in [1.54, 1.807) is 0 Å². The van der Waals surface area contributed by atoms with E-state index in [0.717, 1.165) is 26.2 Å². The summed E-state index contributed by atoms with van der Waals surface area (Å²) in [7, 11) is 0. The third kappa shape index (κ3) is 2.85. The molecular formula is C10H16Cl2N2. The van der Waals surface area contributed by atoms with Gasteiger partial charge in [-0.15, -0.1) is 24.8 Å². The Labute approximate surface area is 97.3 Å². The Balaban J connectivity index is 0.000000845. The molecule has 4 heteroatoms. The van der Waals surface area contributed by atoms with Crippen molar-refractivity contribution in [3.05, 3.63) is 35.4 Å². The van der Waals surface area contributed by atoms with Gasteiger partial charge in [-0.25, -0.2) is 0 Å².